The monoisotopic (exact) mass is 324 g/mol. The predicted molar refractivity (Wildman–Crippen MR) is 65.7 cm³/mol. The molecule has 0 aromatic carbocycles. The summed E-state index contributed by atoms with van der Waals surface area (Å²) in [6.45, 7) is 1.50. The summed E-state index contributed by atoms with van der Waals surface area (Å²) in [7, 11) is -2.34. The number of ether oxygens (including phenoxy) is 1. The number of nitrogens with zero attached hydrogens (tertiary/aromatic N) is 3. The fourth-order valence-electron chi connectivity index (χ4n) is 1.32. The maximum atomic E-state index is 12.6. The predicted octanol–water partition coefficient (Wildman–Crippen LogP) is 0.908. The van der Waals surface area contributed by atoms with Crippen LogP contribution in [-0.2, 0) is 20.3 Å². The van der Waals surface area contributed by atoms with Gasteiger partial charge in [0.25, 0.3) is 5.91 Å². The number of hydrogen-bond acceptors (Lipinski definition) is 5. The molecule has 21 heavy (non-hydrogen) atoms. The summed E-state index contributed by atoms with van der Waals surface area (Å²) >= 11 is 0. The van der Waals surface area contributed by atoms with Crippen LogP contribution in [0.1, 0.15) is 12.6 Å². The van der Waals surface area contributed by atoms with Crippen LogP contribution in [-0.4, -0.2) is 46.1 Å². The van der Waals surface area contributed by atoms with Crippen LogP contribution < -0.4 is 4.90 Å². The van der Waals surface area contributed by atoms with E-state index < -0.39 is 38.6 Å². The first-order valence-corrected chi connectivity index (χ1v) is 6.70. The Morgan fingerprint density at radius 2 is 2.19 bits per heavy atom. The zero-order valence-corrected chi connectivity index (χ0v) is 11.8. The van der Waals surface area contributed by atoms with Crippen molar-refractivity contribution in [2.45, 2.75) is 17.3 Å². The van der Waals surface area contributed by atoms with Gasteiger partial charge < -0.3 is 4.74 Å². The molecule has 1 aromatic rings. The normalized spacial score (nSPS) is 12.8. The van der Waals surface area contributed by atoms with Crippen LogP contribution in [0.5, 0.6) is 0 Å². The Kier molecular flexibility index (Phi) is 5.45. The number of nitriles is 1. The molecular weight excluding hydrogens is 313 g/mol. The van der Waals surface area contributed by atoms with E-state index in [0.29, 0.717) is 0 Å². The second-order valence-electron chi connectivity index (χ2n) is 3.67. The Balaban J connectivity index is 3.21. The average molecular weight is 324 g/mol. The minimum absolute atomic E-state index is 0.241. The highest BCUT2D eigenvalue weighted by Gasteiger charge is 2.42. The summed E-state index contributed by atoms with van der Waals surface area (Å²) in [5.41, 5.74) is -5.69. The molecule has 7 nitrogen and oxygen atoms in total. The summed E-state index contributed by atoms with van der Waals surface area (Å²) in [6, 6.07) is 1.43. The van der Waals surface area contributed by atoms with E-state index in [-0.39, 0.29) is 13.2 Å². The van der Waals surface area contributed by atoms with E-state index in [2.05, 4.69) is 5.10 Å². The first kappa shape index (κ1) is 17.1. The second-order valence-corrected chi connectivity index (χ2v) is 5.08. The number of aromatic amines is 1. The smallest absolute Gasteiger partial charge is 0.372 e. The summed E-state index contributed by atoms with van der Waals surface area (Å²) < 4.78 is 54.1. The van der Waals surface area contributed by atoms with Crippen molar-refractivity contribution in [1.82, 2.24) is 10.2 Å². The molecule has 0 aliphatic rings. The number of alkyl halides is 3. The molecular formula is C10H11F3N4O3S. The number of likely N-dealkylation sites (N-methyl/N-ethyl adjacent to an activating group) is 1. The number of rotatable bonds is 5. The van der Waals surface area contributed by atoms with Gasteiger partial charge in [-0.05, 0) is 6.92 Å². The van der Waals surface area contributed by atoms with E-state index in [1.54, 1.807) is 6.92 Å². The molecule has 0 radical (unpaired) electrons. The lowest BCUT2D eigenvalue weighted by atomic mass is 10.4. The van der Waals surface area contributed by atoms with Crippen molar-refractivity contribution >= 4 is 22.5 Å². The van der Waals surface area contributed by atoms with Gasteiger partial charge in [-0.25, -0.2) is 4.21 Å². The standard InChI is InChI=1S/C10H11F3N4O3S/c1-3-20-5-7(18)17(2)9-8(6(4-14)15-16-9)21(19)10(11,12)13/h3,5H2,1-2H3,(H,15,16). The number of nitrogens with one attached hydrogen (secondary N) is 1. The lowest BCUT2D eigenvalue weighted by molar-refractivity contribution is -0.122. The molecule has 1 rings (SSSR count). The second kappa shape index (κ2) is 6.68. The van der Waals surface area contributed by atoms with Crippen LogP contribution >= 0.6 is 0 Å². The first-order valence-electron chi connectivity index (χ1n) is 5.55. The van der Waals surface area contributed by atoms with E-state index in [0.717, 1.165) is 11.9 Å². The molecule has 0 fully saturated rings. The Morgan fingerprint density at radius 3 is 2.67 bits per heavy atom. The van der Waals surface area contributed by atoms with Gasteiger partial charge in [0.1, 0.15) is 17.6 Å². The molecule has 1 heterocycles. The molecule has 0 spiro atoms. The topological polar surface area (TPSA) is 99.1 Å². The van der Waals surface area contributed by atoms with Crippen LogP contribution in [0.4, 0.5) is 19.0 Å². The van der Waals surface area contributed by atoms with Gasteiger partial charge >= 0.3 is 5.51 Å². The number of amides is 1. The zero-order chi connectivity index (χ0) is 16.2. The lowest BCUT2D eigenvalue weighted by Gasteiger charge is -2.16. The van der Waals surface area contributed by atoms with Gasteiger partial charge in [0.15, 0.2) is 22.3 Å². The number of carbonyl (C=O) groups excluding carboxylic acids is 1. The summed E-state index contributed by atoms with van der Waals surface area (Å²) in [5.74, 6) is -1.21. The third-order valence-electron chi connectivity index (χ3n) is 2.33. The highest BCUT2D eigenvalue weighted by Crippen LogP contribution is 2.33. The maximum Gasteiger partial charge on any atom is 0.476 e. The summed E-state index contributed by atoms with van der Waals surface area (Å²) in [5, 5.41) is 14.2. The van der Waals surface area contributed by atoms with Crippen molar-refractivity contribution in [2.24, 2.45) is 0 Å². The van der Waals surface area contributed by atoms with Gasteiger partial charge in [-0.1, -0.05) is 0 Å². The minimum Gasteiger partial charge on any atom is -0.372 e. The molecule has 0 saturated heterocycles. The maximum absolute atomic E-state index is 12.6. The van der Waals surface area contributed by atoms with Gasteiger partial charge in [-0.3, -0.25) is 14.8 Å². The Hall–Kier alpha value is -1.93. The minimum atomic E-state index is -5.08. The van der Waals surface area contributed by atoms with E-state index in [9.17, 15) is 22.2 Å². The van der Waals surface area contributed by atoms with Crippen molar-refractivity contribution in [2.75, 3.05) is 25.2 Å². The Bertz CT molecular complexity index is 593. The van der Waals surface area contributed by atoms with Gasteiger partial charge in [0, 0.05) is 13.7 Å². The van der Waals surface area contributed by atoms with Crippen LogP contribution in [0.15, 0.2) is 4.90 Å². The molecule has 1 amide bonds. The third-order valence-corrected chi connectivity index (χ3v) is 3.51. The number of anilines is 1. The van der Waals surface area contributed by atoms with Crippen molar-refractivity contribution in [3.8, 4) is 6.07 Å². The van der Waals surface area contributed by atoms with E-state index >= 15 is 0 Å². The highest BCUT2D eigenvalue weighted by atomic mass is 32.2. The van der Waals surface area contributed by atoms with Crippen molar-refractivity contribution < 1.29 is 26.9 Å². The molecule has 0 aliphatic carbocycles. The zero-order valence-electron chi connectivity index (χ0n) is 11.0. The summed E-state index contributed by atoms with van der Waals surface area (Å²) in [6.07, 6.45) is 0. The fraction of sp³-hybridized carbons (Fsp3) is 0.500. The van der Waals surface area contributed by atoms with Gasteiger partial charge in [0.2, 0.25) is 0 Å². The van der Waals surface area contributed by atoms with E-state index in [4.69, 9.17) is 10.00 Å². The van der Waals surface area contributed by atoms with Crippen LogP contribution in [0.25, 0.3) is 0 Å². The van der Waals surface area contributed by atoms with Crippen LogP contribution in [0, 0.1) is 11.3 Å². The average Bonchev–Trinajstić information content (AvgIpc) is 2.85. The molecule has 0 bridgehead atoms. The first-order chi connectivity index (χ1) is 9.73. The van der Waals surface area contributed by atoms with Crippen LogP contribution in [0.3, 0.4) is 0 Å². The van der Waals surface area contributed by atoms with Crippen LogP contribution in [0.2, 0.25) is 0 Å². The highest BCUT2D eigenvalue weighted by molar-refractivity contribution is 7.86. The molecule has 1 atom stereocenters. The van der Waals surface area contributed by atoms with E-state index in [1.165, 1.54) is 6.07 Å². The van der Waals surface area contributed by atoms with Gasteiger partial charge in [-0.2, -0.15) is 23.5 Å². The number of halogens is 3. The molecule has 116 valence electrons. The molecule has 0 saturated carbocycles. The van der Waals surface area contributed by atoms with Crippen molar-refractivity contribution in [3.63, 3.8) is 0 Å². The molecule has 1 aromatic heterocycles. The number of H-pyrrole nitrogens is 1. The fourth-order valence-corrected chi connectivity index (χ4v) is 2.18. The lowest BCUT2D eigenvalue weighted by Crippen LogP contribution is -2.32. The van der Waals surface area contributed by atoms with E-state index in [1.807, 2.05) is 5.10 Å². The number of carbonyl (C=O) groups is 1. The molecule has 1 N–H and O–H groups in total. The molecule has 11 heteroatoms. The van der Waals surface area contributed by atoms with Gasteiger partial charge in [-0.15, -0.1) is 0 Å². The van der Waals surface area contributed by atoms with Crippen molar-refractivity contribution in [1.29, 1.82) is 5.26 Å². The quantitative estimate of drug-likeness (QED) is 0.868. The van der Waals surface area contributed by atoms with Gasteiger partial charge in [0.05, 0.1) is 0 Å². The number of hydrogen-bond donors (Lipinski definition) is 1. The summed E-state index contributed by atoms with van der Waals surface area (Å²) in [4.78, 5) is 11.6. The Labute approximate surface area is 120 Å². The molecule has 0 aliphatic heterocycles. The number of aromatic nitrogens is 2. The Morgan fingerprint density at radius 1 is 1.57 bits per heavy atom. The molecule has 1 unspecified atom stereocenters. The SMILES string of the molecule is CCOCC(=O)N(C)c1n[nH]c(C#N)c1S(=O)C(F)(F)F. The van der Waals surface area contributed by atoms with Crippen molar-refractivity contribution in [3.05, 3.63) is 5.69 Å². The third kappa shape index (κ3) is 3.79. The largest absolute Gasteiger partial charge is 0.476 e.